The van der Waals surface area contributed by atoms with Gasteiger partial charge in [-0.3, -0.25) is 9.69 Å². The minimum atomic E-state index is -0.176. The summed E-state index contributed by atoms with van der Waals surface area (Å²) in [4.78, 5) is 20.0. The van der Waals surface area contributed by atoms with Crippen molar-refractivity contribution >= 4 is 34.9 Å². The number of rotatable bonds is 7. The van der Waals surface area contributed by atoms with E-state index in [-0.39, 0.29) is 39.2 Å². The number of pyridine rings is 1. The molecule has 210 valence electrons. The molecular weight excluding hydrogens is 550 g/mol. The molecule has 0 spiro atoms. The van der Waals surface area contributed by atoms with Crippen molar-refractivity contribution in [3.63, 3.8) is 0 Å². The number of hydrogen-bond donors (Lipinski definition) is 1. The first-order valence-electron chi connectivity index (χ1n) is 13.0. The smallest absolute Gasteiger partial charge is 0.241 e. The van der Waals surface area contributed by atoms with Crippen molar-refractivity contribution in [2.75, 3.05) is 37.7 Å². The fourth-order valence-corrected chi connectivity index (χ4v) is 6.00. The summed E-state index contributed by atoms with van der Waals surface area (Å²) >= 11 is 1.10. The molecule has 9 nitrogen and oxygen atoms in total. The fourth-order valence-electron chi connectivity index (χ4n) is 5.16. The number of para-hydroxylation sites is 2. The minimum Gasteiger partial charge on any atom is -0.493 e. The number of thioether (sulfide) groups is 1. The highest BCUT2D eigenvalue weighted by Crippen LogP contribution is 2.44. The van der Waals surface area contributed by atoms with Crippen LogP contribution in [0.4, 0.5) is 17.2 Å². The summed E-state index contributed by atoms with van der Waals surface area (Å²) in [6.07, 6.45) is 1.63. The van der Waals surface area contributed by atoms with Gasteiger partial charge in [0.15, 0.2) is 11.5 Å². The molecule has 2 N–H and O–H groups in total. The highest BCUT2D eigenvalue weighted by molar-refractivity contribution is 8.00. The van der Waals surface area contributed by atoms with Gasteiger partial charge in [0.1, 0.15) is 28.5 Å². The largest absolute Gasteiger partial charge is 0.493 e. The summed E-state index contributed by atoms with van der Waals surface area (Å²) in [6, 6.07) is 23.3. The van der Waals surface area contributed by atoms with Gasteiger partial charge in [0, 0.05) is 5.56 Å². The molecule has 0 saturated heterocycles. The number of nitrogen functional groups attached to an aromatic ring is 1. The number of carbonyl (C=O) groups is 1. The predicted molar refractivity (Wildman–Crippen MR) is 161 cm³/mol. The molecule has 0 bridgehead atoms. The Morgan fingerprint density at radius 1 is 0.905 bits per heavy atom. The first kappa shape index (κ1) is 28.3. The van der Waals surface area contributed by atoms with Crippen LogP contribution in [0.1, 0.15) is 22.3 Å². The maximum atomic E-state index is 13.9. The van der Waals surface area contributed by atoms with Crippen LogP contribution in [-0.4, -0.2) is 38.0 Å². The van der Waals surface area contributed by atoms with E-state index in [1.54, 1.807) is 17.0 Å². The molecule has 0 unspecified atom stereocenters. The van der Waals surface area contributed by atoms with Crippen molar-refractivity contribution in [2.45, 2.75) is 17.9 Å². The molecule has 0 fully saturated rings. The number of anilines is 3. The number of aryl methyl sites for hydroxylation is 2. The molecule has 0 radical (unpaired) electrons. The first-order chi connectivity index (χ1) is 20.4. The average molecular weight is 578 g/mol. The number of nitrogens with two attached hydrogens (primary N) is 1. The number of nitrogens with zero attached hydrogens (tertiary/aromatic N) is 4. The van der Waals surface area contributed by atoms with Crippen LogP contribution >= 0.6 is 11.8 Å². The molecule has 1 amide bonds. The molecule has 0 saturated carbocycles. The zero-order chi connectivity index (χ0) is 29.8. The summed E-state index contributed by atoms with van der Waals surface area (Å²) < 4.78 is 16.4. The number of aromatic nitrogens is 1. The third-order valence-corrected chi connectivity index (χ3v) is 8.04. The monoisotopic (exact) mass is 577 g/mol. The summed E-state index contributed by atoms with van der Waals surface area (Å²) in [7, 11) is 4.44. The van der Waals surface area contributed by atoms with Crippen LogP contribution in [0.15, 0.2) is 65.7 Å². The van der Waals surface area contributed by atoms with E-state index in [9.17, 15) is 15.3 Å². The Morgan fingerprint density at radius 3 is 1.95 bits per heavy atom. The van der Waals surface area contributed by atoms with Crippen molar-refractivity contribution in [2.24, 2.45) is 0 Å². The molecule has 0 atom stereocenters. The Bertz CT molecular complexity index is 1700. The van der Waals surface area contributed by atoms with Crippen LogP contribution in [0.25, 0.3) is 11.1 Å². The van der Waals surface area contributed by atoms with E-state index in [4.69, 9.17) is 19.9 Å². The van der Waals surface area contributed by atoms with E-state index < -0.39 is 0 Å². The van der Waals surface area contributed by atoms with E-state index >= 15 is 0 Å². The zero-order valence-corrected chi connectivity index (χ0v) is 24.1. The standard InChI is InChI=1S/C32H27N5O4S/c1-39-26-14-21(15-27(40-2)30(26)41-3)29-22(16-33)31(35)36-32(23(29)17-34)42-18-28(38)37-24-10-6-4-8-19(24)12-13-20-9-5-7-11-25(20)37/h4-11,14-15H,12-13,18H2,1-3H3,(H2,35,36). The van der Waals surface area contributed by atoms with Gasteiger partial charge in [0.2, 0.25) is 11.7 Å². The lowest BCUT2D eigenvalue weighted by Crippen LogP contribution is -2.28. The lowest BCUT2D eigenvalue weighted by Gasteiger charge is -2.25. The average Bonchev–Trinajstić information content (AvgIpc) is 3.19. The maximum absolute atomic E-state index is 13.9. The molecule has 1 aliphatic heterocycles. The molecule has 2 heterocycles. The van der Waals surface area contributed by atoms with Crippen molar-refractivity contribution in [1.29, 1.82) is 10.5 Å². The Hall–Kier alpha value is -5.19. The molecule has 3 aromatic carbocycles. The van der Waals surface area contributed by atoms with Gasteiger partial charge in [-0.25, -0.2) is 4.98 Å². The third kappa shape index (κ3) is 5.05. The second kappa shape index (κ2) is 12.1. The number of benzene rings is 3. The Kier molecular flexibility index (Phi) is 8.19. The number of ether oxygens (including phenoxy) is 3. The van der Waals surface area contributed by atoms with Crippen LogP contribution in [0, 0.1) is 22.7 Å². The second-order valence-corrected chi connectivity index (χ2v) is 10.3. The number of hydrogen-bond acceptors (Lipinski definition) is 9. The number of nitriles is 2. The highest BCUT2D eigenvalue weighted by Gasteiger charge is 2.28. The number of fused-ring (bicyclic) bond motifs is 2. The van der Waals surface area contributed by atoms with Crippen molar-refractivity contribution in [3.8, 4) is 40.5 Å². The molecule has 0 aliphatic carbocycles. The van der Waals surface area contributed by atoms with Crippen molar-refractivity contribution < 1.29 is 19.0 Å². The van der Waals surface area contributed by atoms with Crippen LogP contribution in [0.2, 0.25) is 0 Å². The van der Waals surface area contributed by atoms with Gasteiger partial charge in [0.25, 0.3) is 0 Å². The van der Waals surface area contributed by atoms with Crippen LogP contribution < -0.4 is 24.8 Å². The van der Waals surface area contributed by atoms with Gasteiger partial charge in [-0.15, -0.1) is 0 Å². The van der Waals surface area contributed by atoms with Gasteiger partial charge in [0.05, 0.1) is 44.0 Å². The molecule has 1 aliphatic rings. The van der Waals surface area contributed by atoms with Crippen molar-refractivity contribution in [1.82, 2.24) is 4.98 Å². The lowest BCUT2D eigenvalue weighted by molar-refractivity contribution is -0.115. The third-order valence-electron chi connectivity index (χ3n) is 7.08. The Morgan fingerprint density at radius 2 is 1.45 bits per heavy atom. The summed E-state index contributed by atoms with van der Waals surface area (Å²) in [6.45, 7) is 0. The van der Waals surface area contributed by atoms with Crippen LogP contribution in [0.3, 0.4) is 0 Å². The topological polar surface area (TPSA) is 134 Å². The fraction of sp³-hybridized carbons (Fsp3) is 0.188. The second-order valence-electron chi connectivity index (χ2n) is 9.34. The van der Waals surface area contributed by atoms with Crippen LogP contribution in [0.5, 0.6) is 17.2 Å². The zero-order valence-electron chi connectivity index (χ0n) is 23.3. The highest BCUT2D eigenvalue weighted by atomic mass is 32.2. The Balaban J connectivity index is 1.57. The maximum Gasteiger partial charge on any atom is 0.241 e. The molecule has 42 heavy (non-hydrogen) atoms. The molecule has 10 heteroatoms. The molecular formula is C32H27N5O4S. The number of amides is 1. The van der Waals surface area contributed by atoms with E-state index in [0.717, 1.165) is 47.1 Å². The number of methoxy groups -OCH3 is 3. The molecule has 4 aromatic rings. The summed E-state index contributed by atoms with van der Waals surface area (Å²) in [5, 5.41) is 20.5. The normalized spacial score (nSPS) is 11.8. The Labute approximate surface area is 248 Å². The van der Waals surface area contributed by atoms with E-state index in [1.807, 2.05) is 48.5 Å². The molecule has 5 rings (SSSR count). The van der Waals surface area contributed by atoms with Gasteiger partial charge < -0.3 is 19.9 Å². The van der Waals surface area contributed by atoms with Crippen molar-refractivity contribution in [3.05, 3.63) is 82.9 Å². The van der Waals surface area contributed by atoms with Gasteiger partial charge in [-0.2, -0.15) is 10.5 Å². The summed E-state index contributed by atoms with van der Waals surface area (Å²) in [5.74, 6) is 0.798. The van der Waals surface area contributed by atoms with E-state index in [0.29, 0.717) is 22.8 Å². The molecule has 1 aromatic heterocycles. The minimum absolute atomic E-state index is 0.0234. The number of carbonyl (C=O) groups excluding carboxylic acids is 1. The van der Waals surface area contributed by atoms with Gasteiger partial charge in [-0.05, 0) is 53.8 Å². The lowest BCUT2D eigenvalue weighted by atomic mass is 9.96. The first-order valence-corrected chi connectivity index (χ1v) is 14.0. The van der Waals surface area contributed by atoms with E-state index in [2.05, 4.69) is 17.1 Å². The summed E-state index contributed by atoms with van der Waals surface area (Å²) in [5.41, 5.74) is 10.9. The van der Waals surface area contributed by atoms with Gasteiger partial charge in [-0.1, -0.05) is 48.2 Å². The SMILES string of the molecule is COc1cc(-c2c(C#N)c(N)nc(SCC(=O)N3c4ccccc4CCc4ccccc43)c2C#N)cc(OC)c1OC. The van der Waals surface area contributed by atoms with Crippen LogP contribution in [-0.2, 0) is 17.6 Å². The van der Waals surface area contributed by atoms with E-state index in [1.165, 1.54) is 21.3 Å². The quantitative estimate of drug-likeness (QED) is 0.276. The van der Waals surface area contributed by atoms with Gasteiger partial charge >= 0.3 is 0 Å². The predicted octanol–water partition coefficient (Wildman–Crippen LogP) is 5.66.